The maximum Gasteiger partial charge on any atom is 0.257 e. The Kier molecular flexibility index (Phi) is 6.46. The summed E-state index contributed by atoms with van der Waals surface area (Å²) in [6.45, 7) is 4.22. The molecule has 0 fully saturated rings. The first-order valence-corrected chi connectivity index (χ1v) is 12.5. The molecule has 0 bridgehead atoms. The van der Waals surface area contributed by atoms with Crippen LogP contribution in [-0.2, 0) is 16.6 Å². The lowest BCUT2D eigenvalue weighted by molar-refractivity contribution is 0.102. The van der Waals surface area contributed by atoms with Crippen LogP contribution in [0.1, 0.15) is 27.2 Å². The van der Waals surface area contributed by atoms with Gasteiger partial charge in [0.05, 0.1) is 23.4 Å². The predicted octanol–water partition coefficient (Wildman–Crippen LogP) is 5.09. The van der Waals surface area contributed by atoms with Gasteiger partial charge in [0.15, 0.2) is 5.13 Å². The van der Waals surface area contributed by atoms with E-state index in [2.05, 4.69) is 23.3 Å². The zero-order chi connectivity index (χ0) is 23.6. The van der Waals surface area contributed by atoms with Crippen molar-refractivity contribution in [3.63, 3.8) is 0 Å². The van der Waals surface area contributed by atoms with Crippen LogP contribution >= 0.6 is 11.3 Å². The number of carbonyl (C=O) groups is 1. The first-order valence-electron chi connectivity index (χ1n) is 10.2. The number of hydrogen-bond acceptors (Lipinski definition) is 6. The van der Waals surface area contributed by atoms with Gasteiger partial charge >= 0.3 is 0 Å². The number of sulfonamides is 1. The summed E-state index contributed by atoms with van der Waals surface area (Å²) >= 11 is 1.34. The molecule has 4 rings (SSSR count). The summed E-state index contributed by atoms with van der Waals surface area (Å²) < 4.78 is 32.0. The highest BCUT2D eigenvalue weighted by Crippen LogP contribution is 2.27. The van der Waals surface area contributed by atoms with Crippen molar-refractivity contribution in [2.45, 2.75) is 25.3 Å². The SMILES string of the molecule is Cc1ccc(-c2csc(NC(=O)c3ccc(S(=O)(=O)N(C)Cc4ccco4)cc3)n2)cc1C. The van der Waals surface area contributed by atoms with Gasteiger partial charge in [0.25, 0.3) is 5.91 Å². The summed E-state index contributed by atoms with van der Waals surface area (Å²) in [6.07, 6.45) is 1.50. The fourth-order valence-corrected chi connectivity index (χ4v) is 5.05. The Balaban J connectivity index is 1.44. The van der Waals surface area contributed by atoms with E-state index in [0.29, 0.717) is 16.5 Å². The minimum absolute atomic E-state index is 0.0966. The monoisotopic (exact) mass is 481 g/mol. The molecule has 0 atom stereocenters. The summed E-state index contributed by atoms with van der Waals surface area (Å²) in [5, 5.41) is 5.15. The van der Waals surface area contributed by atoms with E-state index in [1.165, 1.54) is 64.3 Å². The zero-order valence-corrected chi connectivity index (χ0v) is 20.0. The van der Waals surface area contributed by atoms with E-state index >= 15 is 0 Å². The number of hydrogen-bond donors (Lipinski definition) is 1. The molecule has 2 heterocycles. The summed E-state index contributed by atoms with van der Waals surface area (Å²) in [6, 6.07) is 15.4. The number of nitrogens with zero attached hydrogens (tertiary/aromatic N) is 2. The number of amides is 1. The molecule has 33 heavy (non-hydrogen) atoms. The van der Waals surface area contributed by atoms with Crippen molar-refractivity contribution in [3.8, 4) is 11.3 Å². The molecular weight excluding hydrogens is 458 g/mol. The van der Waals surface area contributed by atoms with Crippen molar-refractivity contribution in [2.75, 3.05) is 12.4 Å². The summed E-state index contributed by atoms with van der Waals surface area (Å²) in [5.41, 5.74) is 4.50. The standard InChI is InChI=1S/C24H23N3O4S2/c1-16-6-7-19(13-17(16)2)22-15-32-24(25-22)26-23(28)18-8-10-21(11-9-18)33(29,30)27(3)14-20-5-4-12-31-20/h4-13,15H,14H2,1-3H3,(H,25,26,28). The molecule has 1 amide bonds. The lowest BCUT2D eigenvalue weighted by atomic mass is 10.1. The minimum atomic E-state index is -3.72. The molecule has 9 heteroatoms. The fourth-order valence-electron chi connectivity index (χ4n) is 3.20. The van der Waals surface area contributed by atoms with E-state index in [1.54, 1.807) is 12.1 Å². The molecule has 0 radical (unpaired) electrons. The smallest absolute Gasteiger partial charge is 0.257 e. The molecule has 0 unspecified atom stereocenters. The molecule has 0 spiro atoms. The number of thiazole rings is 1. The van der Waals surface area contributed by atoms with Gasteiger partial charge < -0.3 is 4.42 Å². The van der Waals surface area contributed by atoms with Gasteiger partial charge in [-0.05, 0) is 67.4 Å². The third-order valence-corrected chi connectivity index (χ3v) is 7.89. The van der Waals surface area contributed by atoms with Crippen LogP contribution in [0.15, 0.2) is 75.6 Å². The van der Waals surface area contributed by atoms with Gasteiger partial charge in [-0.2, -0.15) is 4.31 Å². The molecule has 1 N–H and O–H groups in total. The first-order chi connectivity index (χ1) is 15.7. The molecule has 0 saturated carbocycles. The molecule has 170 valence electrons. The molecule has 0 aliphatic rings. The largest absolute Gasteiger partial charge is 0.468 e. The molecule has 2 aromatic heterocycles. The molecule has 4 aromatic rings. The van der Waals surface area contributed by atoms with E-state index in [0.717, 1.165) is 11.3 Å². The second-order valence-electron chi connectivity index (χ2n) is 7.66. The number of aromatic nitrogens is 1. The Hall–Kier alpha value is -3.27. The lowest BCUT2D eigenvalue weighted by Gasteiger charge is -2.16. The molecule has 7 nitrogen and oxygen atoms in total. The molecule has 0 saturated heterocycles. The molecule has 0 aliphatic carbocycles. The highest BCUT2D eigenvalue weighted by atomic mass is 32.2. The lowest BCUT2D eigenvalue weighted by Crippen LogP contribution is -2.26. The average molecular weight is 482 g/mol. The van der Waals surface area contributed by atoms with Gasteiger partial charge in [-0.1, -0.05) is 12.1 Å². The summed E-state index contributed by atoms with van der Waals surface area (Å²) in [7, 11) is -2.24. The number of rotatable bonds is 7. The van der Waals surface area contributed by atoms with Crippen LogP contribution < -0.4 is 5.32 Å². The summed E-state index contributed by atoms with van der Waals surface area (Å²) in [5.74, 6) is 0.185. The number of carbonyl (C=O) groups excluding carboxylic acids is 1. The number of furan rings is 1. The van der Waals surface area contributed by atoms with Crippen LogP contribution in [0.3, 0.4) is 0 Å². The molecule has 2 aromatic carbocycles. The second-order valence-corrected chi connectivity index (χ2v) is 10.6. The van der Waals surface area contributed by atoms with Crippen molar-refractivity contribution in [1.29, 1.82) is 0 Å². The Labute approximate surface area is 196 Å². The highest BCUT2D eigenvalue weighted by Gasteiger charge is 2.22. The quantitative estimate of drug-likeness (QED) is 0.397. The van der Waals surface area contributed by atoms with Gasteiger partial charge in [-0.3, -0.25) is 10.1 Å². The van der Waals surface area contributed by atoms with E-state index in [9.17, 15) is 13.2 Å². The minimum Gasteiger partial charge on any atom is -0.468 e. The van der Waals surface area contributed by atoms with Crippen LogP contribution in [0, 0.1) is 13.8 Å². The van der Waals surface area contributed by atoms with Gasteiger partial charge in [-0.25, -0.2) is 13.4 Å². The molecular formula is C24H23N3O4S2. The van der Waals surface area contributed by atoms with Crippen molar-refractivity contribution in [1.82, 2.24) is 9.29 Å². The highest BCUT2D eigenvalue weighted by molar-refractivity contribution is 7.89. The van der Waals surface area contributed by atoms with E-state index in [4.69, 9.17) is 4.42 Å². The van der Waals surface area contributed by atoms with Crippen molar-refractivity contribution in [2.24, 2.45) is 0 Å². The average Bonchev–Trinajstić information content (AvgIpc) is 3.48. The fraction of sp³-hybridized carbons (Fsp3) is 0.167. The van der Waals surface area contributed by atoms with Crippen LogP contribution in [0.2, 0.25) is 0 Å². The Morgan fingerprint density at radius 2 is 1.85 bits per heavy atom. The maximum absolute atomic E-state index is 12.8. The Bertz CT molecular complexity index is 1380. The number of anilines is 1. The van der Waals surface area contributed by atoms with Crippen molar-refractivity contribution >= 4 is 32.4 Å². The number of aryl methyl sites for hydroxylation is 2. The van der Waals surface area contributed by atoms with Crippen LogP contribution in [0.25, 0.3) is 11.3 Å². The van der Waals surface area contributed by atoms with E-state index in [-0.39, 0.29) is 17.3 Å². The topological polar surface area (TPSA) is 92.5 Å². The van der Waals surface area contributed by atoms with Gasteiger partial charge in [0.1, 0.15) is 5.76 Å². The van der Waals surface area contributed by atoms with E-state index < -0.39 is 10.0 Å². The predicted molar refractivity (Wildman–Crippen MR) is 129 cm³/mol. The Morgan fingerprint density at radius 1 is 1.09 bits per heavy atom. The third-order valence-electron chi connectivity index (χ3n) is 5.31. The normalized spacial score (nSPS) is 11.6. The second kappa shape index (κ2) is 9.30. The summed E-state index contributed by atoms with van der Waals surface area (Å²) in [4.78, 5) is 17.3. The van der Waals surface area contributed by atoms with Gasteiger partial charge in [0.2, 0.25) is 10.0 Å². The van der Waals surface area contributed by atoms with Crippen LogP contribution in [0.5, 0.6) is 0 Å². The maximum atomic E-state index is 12.8. The first kappa shape index (κ1) is 22.9. The third kappa shape index (κ3) is 5.05. The molecule has 0 aliphatic heterocycles. The zero-order valence-electron chi connectivity index (χ0n) is 18.4. The van der Waals surface area contributed by atoms with Crippen molar-refractivity contribution in [3.05, 3.63) is 88.7 Å². The number of benzene rings is 2. The van der Waals surface area contributed by atoms with Crippen molar-refractivity contribution < 1.29 is 17.6 Å². The van der Waals surface area contributed by atoms with Gasteiger partial charge in [-0.15, -0.1) is 11.3 Å². The van der Waals surface area contributed by atoms with Crippen LogP contribution in [0.4, 0.5) is 5.13 Å². The van der Waals surface area contributed by atoms with E-state index in [1.807, 2.05) is 24.4 Å². The van der Waals surface area contributed by atoms with Gasteiger partial charge in [0, 0.05) is 23.6 Å². The number of nitrogens with one attached hydrogen (secondary N) is 1. The van der Waals surface area contributed by atoms with Crippen LogP contribution in [-0.4, -0.2) is 30.7 Å². The Morgan fingerprint density at radius 3 is 2.52 bits per heavy atom.